The second-order valence-electron chi connectivity index (χ2n) is 8.02. The number of carbonyl (C=O) groups excluding carboxylic acids is 1. The zero-order chi connectivity index (χ0) is 16.1. The van der Waals surface area contributed by atoms with Gasteiger partial charge >= 0.3 is 0 Å². The molecule has 1 aliphatic carbocycles. The summed E-state index contributed by atoms with van der Waals surface area (Å²) >= 11 is 0. The quantitative estimate of drug-likeness (QED) is 0.750. The van der Waals surface area contributed by atoms with Gasteiger partial charge in [0, 0.05) is 12.5 Å². The highest BCUT2D eigenvalue weighted by Crippen LogP contribution is 2.39. The van der Waals surface area contributed by atoms with E-state index in [-0.39, 0.29) is 22.8 Å². The van der Waals surface area contributed by atoms with E-state index in [4.69, 9.17) is 13.9 Å². The van der Waals surface area contributed by atoms with Gasteiger partial charge in [-0.05, 0) is 38.1 Å². The lowest BCUT2D eigenvalue weighted by Gasteiger charge is -2.38. The van der Waals surface area contributed by atoms with Crippen LogP contribution in [-0.2, 0) is 18.7 Å². The zero-order valence-electron chi connectivity index (χ0n) is 14.2. The summed E-state index contributed by atoms with van der Waals surface area (Å²) in [4.78, 5) is 11.9. The van der Waals surface area contributed by atoms with Gasteiger partial charge in [-0.25, -0.2) is 0 Å². The van der Waals surface area contributed by atoms with Crippen LogP contribution in [0.4, 0.5) is 0 Å². The molecule has 1 fully saturated rings. The van der Waals surface area contributed by atoms with Crippen LogP contribution >= 0.6 is 0 Å². The summed E-state index contributed by atoms with van der Waals surface area (Å²) < 4.78 is 17.9. The van der Waals surface area contributed by atoms with E-state index in [1.807, 2.05) is 19.9 Å². The molecule has 0 bridgehead atoms. The lowest BCUT2D eigenvalue weighted by molar-refractivity contribution is -0.154. The first-order valence-electron chi connectivity index (χ1n) is 7.65. The van der Waals surface area contributed by atoms with E-state index >= 15 is 0 Å². The molecule has 0 aromatic rings. The maximum atomic E-state index is 11.9. The number of hydrogen-bond acceptors (Lipinski definition) is 4. The molecule has 5 heteroatoms. The molecule has 0 aromatic carbocycles. The maximum Gasteiger partial charge on any atom is 0.192 e. The number of hydrogen-bond donors (Lipinski definition) is 0. The van der Waals surface area contributed by atoms with Crippen molar-refractivity contribution < 1.29 is 18.7 Å². The van der Waals surface area contributed by atoms with Crippen LogP contribution in [0.2, 0.25) is 18.1 Å². The molecule has 0 aromatic heterocycles. The Bertz CT molecular complexity index is 448. The van der Waals surface area contributed by atoms with Crippen LogP contribution < -0.4 is 0 Å². The van der Waals surface area contributed by atoms with Gasteiger partial charge in [-0.1, -0.05) is 26.8 Å². The summed E-state index contributed by atoms with van der Waals surface area (Å²) in [5, 5.41) is 0.174. The van der Waals surface area contributed by atoms with Crippen LogP contribution in [0.5, 0.6) is 0 Å². The zero-order valence-corrected chi connectivity index (χ0v) is 15.2. The molecule has 2 aliphatic rings. The third-order valence-corrected chi connectivity index (χ3v) is 9.28. The summed E-state index contributed by atoms with van der Waals surface area (Å²) in [5.74, 6) is -0.635. The van der Waals surface area contributed by atoms with Gasteiger partial charge in [-0.15, -0.1) is 0 Å². The minimum absolute atomic E-state index is 0.00542. The molecule has 0 saturated carbocycles. The van der Waals surface area contributed by atoms with Crippen LogP contribution in [-0.4, -0.2) is 38.7 Å². The number of ether oxygens (including phenoxy) is 2. The molecular formula is C16H28O4Si. The van der Waals surface area contributed by atoms with Crippen LogP contribution in [0.15, 0.2) is 12.2 Å². The Labute approximate surface area is 129 Å². The van der Waals surface area contributed by atoms with Crippen molar-refractivity contribution in [1.29, 1.82) is 0 Å². The van der Waals surface area contributed by atoms with Gasteiger partial charge in [0.2, 0.25) is 0 Å². The molecule has 0 amide bonds. The average Bonchev–Trinajstić information content (AvgIpc) is 2.63. The first kappa shape index (κ1) is 16.9. The Balaban J connectivity index is 2.07. The van der Waals surface area contributed by atoms with Crippen LogP contribution in [0, 0.1) is 5.92 Å². The molecule has 0 spiro atoms. The number of ketones is 1. The Morgan fingerprint density at radius 3 is 2.48 bits per heavy atom. The number of carbonyl (C=O) groups is 1. The summed E-state index contributed by atoms with van der Waals surface area (Å²) in [6.07, 6.45) is 2.81. The Hall–Kier alpha value is -0.493. The van der Waals surface area contributed by atoms with E-state index in [9.17, 15) is 4.79 Å². The van der Waals surface area contributed by atoms with Crippen molar-refractivity contribution in [3.8, 4) is 0 Å². The lowest BCUT2D eigenvalue weighted by Crippen LogP contribution is -2.45. The van der Waals surface area contributed by atoms with E-state index in [1.54, 1.807) is 6.08 Å². The Kier molecular flexibility index (Phi) is 4.26. The minimum Gasteiger partial charge on any atom is -0.416 e. The molecular weight excluding hydrogens is 284 g/mol. The normalized spacial score (nSPS) is 32.3. The first-order chi connectivity index (χ1) is 9.43. The molecule has 21 heavy (non-hydrogen) atoms. The van der Waals surface area contributed by atoms with Crippen LogP contribution in [0.1, 0.15) is 34.6 Å². The fourth-order valence-electron chi connectivity index (χ4n) is 2.42. The van der Waals surface area contributed by atoms with E-state index in [0.29, 0.717) is 6.61 Å². The number of fused-ring (bicyclic) bond motifs is 1. The van der Waals surface area contributed by atoms with Crippen molar-refractivity contribution in [2.24, 2.45) is 5.92 Å². The molecule has 1 saturated heterocycles. The highest BCUT2D eigenvalue weighted by Gasteiger charge is 2.49. The predicted octanol–water partition coefficient (Wildman–Crippen LogP) is 3.28. The van der Waals surface area contributed by atoms with Gasteiger partial charge in [0.25, 0.3) is 0 Å². The molecule has 0 N–H and O–H groups in total. The van der Waals surface area contributed by atoms with Gasteiger partial charge in [-0.2, -0.15) is 0 Å². The van der Waals surface area contributed by atoms with Crippen molar-refractivity contribution in [1.82, 2.24) is 0 Å². The fraction of sp³-hybridized carbons (Fsp3) is 0.812. The molecule has 0 radical (unpaired) electrons. The van der Waals surface area contributed by atoms with Crippen molar-refractivity contribution in [2.75, 3.05) is 6.61 Å². The standard InChI is InChI=1S/C16H28O4Si/c1-15(2,3)21(6,7)18-10-11-8-9-12(17)14-13(11)19-16(4,5)20-14/h8-9,11,13-14H,10H2,1-7H3/t11-,13-,14+/m1/s1. The van der Waals surface area contributed by atoms with E-state index < -0.39 is 20.2 Å². The highest BCUT2D eigenvalue weighted by molar-refractivity contribution is 6.74. The predicted molar refractivity (Wildman–Crippen MR) is 84.6 cm³/mol. The topological polar surface area (TPSA) is 44.8 Å². The fourth-order valence-corrected chi connectivity index (χ4v) is 3.46. The van der Waals surface area contributed by atoms with Crippen molar-refractivity contribution in [3.05, 3.63) is 12.2 Å². The van der Waals surface area contributed by atoms with Crippen molar-refractivity contribution in [2.45, 2.75) is 70.7 Å². The van der Waals surface area contributed by atoms with E-state index in [1.165, 1.54) is 0 Å². The SMILES string of the molecule is CC1(C)O[C@@H]2[C@@H](CO[Si](C)(C)C(C)(C)C)C=CC(=O)[C@@H]2O1. The van der Waals surface area contributed by atoms with Gasteiger partial charge in [0.05, 0.1) is 0 Å². The molecule has 1 aliphatic heterocycles. The summed E-state index contributed by atoms with van der Waals surface area (Å²) in [6, 6.07) is 0. The maximum absolute atomic E-state index is 11.9. The monoisotopic (exact) mass is 312 g/mol. The number of rotatable bonds is 3. The van der Waals surface area contributed by atoms with Crippen molar-refractivity contribution in [3.63, 3.8) is 0 Å². The van der Waals surface area contributed by atoms with E-state index in [2.05, 4.69) is 33.9 Å². The van der Waals surface area contributed by atoms with E-state index in [0.717, 1.165) is 0 Å². The minimum atomic E-state index is -1.80. The van der Waals surface area contributed by atoms with Crippen molar-refractivity contribution >= 4 is 14.1 Å². The molecule has 3 atom stereocenters. The largest absolute Gasteiger partial charge is 0.416 e. The van der Waals surface area contributed by atoms with Crippen LogP contribution in [0.3, 0.4) is 0 Å². The summed E-state index contributed by atoms with van der Waals surface area (Å²) in [5.41, 5.74) is 0. The smallest absolute Gasteiger partial charge is 0.192 e. The average molecular weight is 312 g/mol. The van der Waals surface area contributed by atoms with Crippen LogP contribution in [0.25, 0.3) is 0 Å². The first-order valence-corrected chi connectivity index (χ1v) is 10.6. The molecule has 1 heterocycles. The Morgan fingerprint density at radius 2 is 1.90 bits per heavy atom. The molecule has 120 valence electrons. The highest BCUT2D eigenvalue weighted by atomic mass is 28.4. The van der Waals surface area contributed by atoms with Gasteiger partial charge in [-0.3, -0.25) is 4.79 Å². The third-order valence-electron chi connectivity index (χ3n) is 4.78. The van der Waals surface area contributed by atoms with Gasteiger partial charge < -0.3 is 13.9 Å². The molecule has 0 unspecified atom stereocenters. The second-order valence-corrected chi connectivity index (χ2v) is 12.8. The molecule has 2 rings (SSSR count). The van der Waals surface area contributed by atoms with Gasteiger partial charge in [0.1, 0.15) is 12.2 Å². The summed E-state index contributed by atoms with van der Waals surface area (Å²) in [7, 11) is -1.80. The third kappa shape index (κ3) is 3.47. The lowest BCUT2D eigenvalue weighted by atomic mass is 9.90. The van der Waals surface area contributed by atoms with Gasteiger partial charge in [0.15, 0.2) is 19.9 Å². The second kappa shape index (κ2) is 5.30. The Morgan fingerprint density at radius 1 is 1.29 bits per heavy atom. The summed E-state index contributed by atoms with van der Waals surface area (Å²) in [6.45, 7) is 15.4. The molecule has 4 nitrogen and oxygen atoms in total.